The fraction of sp³-hybridized carbons (Fsp3) is 0.0952. The fourth-order valence-electron chi connectivity index (χ4n) is 3.09. The number of aryl methyl sites for hydroxylation is 1. The van der Waals surface area contributed by atoms with Gasteiger partial charge in [0.25, 0.3) is 0 Å². The molecule has 0 saturated heterocycles. The van der Waals surface area contributed by atoms with Gasteiger partial charge in [-0.15, -0.1) is 0 Å². The Hall–Kier alpha value is -4.54. The van der Waals surface area contributed by atoms with Crippen LogP contribution in [0.4, 0.5) is 33.1 Å². The van der Waals surface area contributed by atoms with Crippen molar-refractivity contribution < 1.29 is 14.1 Å². The van der Waals surface area contributed by atoms with Gasteiger partial charge in [-0.25, -0.2) is 9.97 Å². The summed E-state index contributed by atoms with van der Waals surface area (Å²) in [5, 5.41) is 21.7. The number of benzene rings is 2. The minimum absolute atomic E-state index is 0.0988. The number of ether oxygens (including phenoxy) is 1. The van der Waals surface area contributed by atoms with Crippen molar-refractivity contribution in [2.24, 2.45) is 7.05 Å². The van der Waals surface area contributed by atoms with E-state index in [1.165, 1.54) is 13.4 Å². The van der Waals surface area contributed by atoms with Crippen LogP contribution in [0, 0.1) is 15.9 Å². The quantitative estimate of drug-likeness (QED) is 0.323. The zero-order valence-electron chi connectivity index (χ0n) is 17.1. The third-order valence-corrected chi connectivity index (χ3v) is 4.57. The summed E-state index contributed by atoms with van der Waals surface area (Å²) in [5.74, 6) is -0.0891. The van der Waals surface area contributed by atoms with Gasteiger partial charge in [0.15, 0.2) is 0 Å². The number of hydrogen-bond acceptors (Lipinski definition) is 8. The number of para-hydroxylation sites is 1. The number of hydrogen-bond donors (Lipinski definition) is 2. The molecule has 2 heterocycles. The van der Waals surface area contributed by atoms with Crippen LogP contribution in [0.5, 0.6) is 5.75 Å². The third-order valence-electron chi connectivity index (χ3n) is 4.57. The van der Waals surface area contributed by atoms with Crippen LogP contribution in [0.1, 0.15) is 0 Å². The molecule has 0 aliphatic carbocycles. The maximum absolute atomic E-state index is 13.9. The van der Waals surface area contributed by atoms with Crippen molar-refractivity contribution >= 4 is 28.7 Å². The van der Waals surface area contributed by atoms with Crippen LogP contribution in [0.25, 0.3) is 11.3 Å². The molecule has 0 bridgehead atoms. The summed E-state index contributed by atoms with van der Waals surface area (Å²) in [6.07, 6.45) is 3.19. The molecule has 0 saturated carbocycles. The molecule has 2 N–H and O–H groups in total. The summed E-state index contributed by atoms with van der Waals surface area (Å²) in [6, 6.07) is 13.2. The van der Waals surface area contributed by atoms with Gasteiger partial charge in [-0.1, -0.05) is 18.2 Å². The van der Waals surface area contributed by atoms with Gasteiger partial charge in [-0.2, -0.15) is 9.49 Å². The highest BCUT2D eigenvalue weighted by molar-refractivity contribution is 5.79. The van der Waals surface area contributed by atoms with Gasteiger partial charge in [0.05, 0.1) is 23.4 Å². The highest BCUT2D eigenvalue weighted by Crippen LogP contribution is 2.34. The van der Waals surface area contributed by atoms with Crippen molar-refractivity contribution in [3.05, 3.63) is 77.0 Å². The smallest absolute Gasteiger partial charge is 0.307 e. The van der Waals surface area contributed by atoms with Crippen LogP contribution in [-0.4, -0.2) is 31.8 Å². The molecule has 0 atom stereocenters. The van der Waals surface area contributed by atoms with E-state index >= 15 is 0 Å². The molecule has 11 heteroatoms. The predicted molar refractivity (Wildman–Crippen MR) is 117 cm³/mol. The first kappa shape index (κ1) is 20.7. The largest absolute Gasteiger partial charge is 0.494 e. The lowest BCUT2D eigenvalue weighted by molar-refractivity contribution is -0.387. The van der Waals surface area contributed by atoms with Gasteiger partial charge in [-0.3, -0.25) is 14.8 Å². The number of nitro benzene ring substituents is 1. The summed E-state index contributed by atoms with van der Waals surface area (Å²) in [5.41, 5.74) is 1.98. The topological polar surface area (TPSA) is 120 Å². The zero-order valence-corrected chi connectivity index (χ0v) is 17.1. The second kappa shape index (κ2) is 8.68. The summed E-state index contributed by atoms with van der Waals surface area (Å²) in [7, 11) is 3.18. The van der Waals surface area contributed by atoms with E-state index in [4.69, 9.17) is 4.74 Å². The van der Waals surface area contributed by atoms with Crippen molar-refractivity contribution in [3.8, 4) is 17.0 Å². The molecule has 10 nitrogen and oxygen atoms in total. The van der Waals surface area contributed by atoms with E-state index in [1.807, 2.05) is 43.6 Å². The lowest BCUT2D eigenvalue weighted by Crippen LogP contribution is -2.02. The van der Waals surface area contributed by atoms with Gasteiger partial charge in [0.1, 0.15) is 23.7 Å². The molecule has 0 radical (unpaired) electrons. The van der Waals surface area contributed by atoms with Crippen LogP contribution in [0.2, 0.25) is 0 Å². The van der Waals surface area contributed by atoms with E-state index in [2.05, 4.69) is 25.7 Å². The second-order valence-corrected chi connectivity index (χ2v) is 6.72. The van der Waals surface area contributed by atoms with Crippen LogP contribution in [-0.2, 0) is 7.05 Å². The number of rotatable bonds is 7. The molecule has 0 aliphatic heterocycles. The van der Waals surface area contributed by atoms with Gasteiger partial charge in [0.2, 0.25) is 5.82 Å². The normalized spacial score (nSPS) is 10.6. The van der Waals surface area contributed by atoms with Gasteiger partial charge in [0, 0.05) is 42.7 Å². The lowest BCUT2D eigenvalue weighted by atomic mass is 10.1. The summed E-state index contributed by atoms with van der Waals surface area (Å²) in [6.45, 7) is 0. The van der Waals surface area contributed by atoms with Crippen LogP contribution < -0.4 is 15.4 Å². The molecule has 4 aromatic rings. The van der Waals surface area contributed by atoms with E-state index in [0.29, 0.717) is 11.6 Å². The van der Waals surface area contributed by atoms with E-state index in [1.54, 1.807) is 10.7 Å². The van der Waals surface area contributed by atoms with Crippen LogP contribution in [0.15, 0.2) is 61.1 Å². The Morgan fingerprint density at radius 2 is 1.78 bits per heavy atom. The standard InChI is InChI=1S/C21H18FN7O3/c1-28-8-7-16(27-28)13-5-3-4-6-15(13)25-20-11-21(24-12-23-20)26-17-10-18(29(30)31)14(22)9-19(17)32-2/h3-12H,1-2H3,(H2,23,24,25,26). The minimum Gasteiger partial charge on any atom is -0.494 e. The summed E-state index contributed by atoms with van der Waals surface area (Å²) < 4.78 is 20.7. The SMILES string of the molecule is COc1cc(F)c([N+](=O)[O-])cc1Nc1cc(Nc2ccccc2-c2ccn(C)n2)ncn1. The predicted octanol–water partition coefficient (Wildman–Crippen LogP) is 4.42. The Morgan fingerprint density at radius 1 is 1.06 bits per heavy atom. The van der Waals surface area contributed by atoms with E-state index in [0.717, 1.165) is 29.1 Å². The van der Waals surface area contributed by atoms with Crippen molar-refractivity contribution in [3.63, 3.8) is 0 Å². The second-order valence-electron chi connectivity index (χ2n) is 6.72. The molecule has 0 amide bonds. The Kier molecular flexibility index (Phi) is 5.62. The van der Waals surface area contributed by atoms with E-state index in [-0.39, 0.29) is 11.4 Å². The maximum Gasteiger partial charge on any atom is 0.307 e. The third kappa shape index (κ3) is 4.31. The van der Waals surface area contributed by atoms with Gasteiger partial charge >= 0.3 is 5.69 Å². The monoisotopic (exact) mass is 435 g/mol. The Bertz CT molecular complexity index is 1290. The number of anilines is 4. The number of aromatic nitrogens is 4. The fourth-order valence-corrected chi connectivity index (χ4v) is 3.09. The van der Waals surface area contributed by atoms with Crippen molar-refractivity contribution in [1.82, 2.24) is 19.7 Å². The first-order chi connectivity index (χ1) is 15.4. The zero-order chi connectivity index (χ0) is 22.7. The molecule has 162 valence electrons. The van der Waals surface area contributed by atoms with Crippen LogP contribution in [0.3, 0.4) is 0 Å². The average molecular weight is 435 g/mol. The van der Waals surface area contributed by atoms with Crippen molar-refractivity contribution in [2.45, 2.75) is 0 Å². The Morgan fingerprint density at radius 3 is 2.44 bits per heavy atom. The number of nitro groups is 1. The molecule has 2 aromatic carbocycles. The molecule has 0 aliphatic rings. The molecule has 32 heavy (non-hydrogen) atoms. The average Bonchev–Trinajstić information content (AvgIpc) is 3.21. The molecule has 0 unspecified atom stereocenters. The highest BCUT2D eigenvalue weighted by atomic mass is 19.1. The molecular weight excluding hydrogens is 417 g/mol. The minimum atomic E-state index is -0.992. The molecule has 0 fully saturated rings. The summed E-state index contributed by atoms with van der Waals surface area (Å²) in [4.78, 5) is 18.7. The first-order valence-electron chi connectivity index (χ1n) is 9.41. The maximum atomic E-state index is 13.9. The summed E-state index contributed by atoms with van der Waals surface area (Å²) >= 11 is 0. The van der Waals surface area contributed by atoms with Crippen LogP contribution >= 0.6 is 0 Å². The number of nitrogens with one attached hydrogen (secondary N) is 2. The highest BCUT2D eigenvalue weighted by Gasteiger charge is 2.19. The number of nitrogens with zero attached hydrogens (tertiary/aromatic N) is 5. The van der Waals surface area contributed by atoms with Crippen molar-refractivity contribution in [2.75, 3.05) is 17.7 Å². The van der Waals surface area contributed by atoms with Gasteiger partial charge in [-0.05, 0) is 12.1 Å². The Balaban J connectivity index is 1.63. The number of halogens is 1. The number of methoxy groups -OCH3 is 1. The lowest BCUT2D eigenvalue weighted by Gasteiger charge is -2.13. The van der Waals surface area contributed by atoms with Crippen molar-refractivity contribution in [1.29, 1.82) is 0 Å². The van der Waals surface area contributed by atoms with E-state index in [9.17, 15) is 14.5 Å². The van der Waals surface area contributed by atoms with Gasteiger partial charge < -0.3 is 15.4 Å². The molecule has 2 aromatic heterocycles. The Labute approximate surface area is 181 Å². The van der Waals surface area contributed by atoms with E-state index < -0.39 is 16.4 Å². The molecular formula is C21H18FN7O3. The molecule has 0 spiro atoms. The molecule has 4 rings (SSSR count). The first-order valence-corrected chi connectivity index (χ1v) is 9.41.